The monoisotopic (exact) mass is 486 g/mol. The van der Waals surface area contributed by atoms with E-state index in [1.54, 1.807) is 0 Å². The third-order valence-electron chi connectivity index (χ3n) is 5.89. The van der Waals surface area contributed by atoms with Gasteiger partial charge in [-0.05, 0) is 56.1 Å². The summed E-state index contributed by atoms with van der Waals surface area (Å²) in [6.45, 7) is -0.482. The lowest BCUT2D eigenvalue weighted by Gasteiger charge is -2.15. The molecule has 7 heteroatoms. The SMILES string of the molecule is O=P(O)(O)O[C@H](CO)COCc1ccc(C#Cc2ccc3ccc4cccc5ccc2c3c45)cc1. The van der Waals surface area contributed by atoms with E-state index >= 15 is 0 Å². The molecule has 0 aliphatic heterocycles. The highest BCUT2D eigenvalue weighted by Crippen LogP contribution is 2.37. The van der Waals surface area contributed by atoms with Crippen molar-refractivity contribution in [2.75, 3.05) is 13.2 Å². The maximum Gasteiger partial charge on any atom is 0.470 e. The van der Waals surface area contributed by atoms with Crippen molar-refractivity contribution < 1.29 is 28.7 Å². The first-order chi connectivity index (χ1) is 16.9. The zero-order valence-electron chi connectivity index (χ0n) is 18.7. The fourth-order valence-electron chi connectivity index (χ4n) is 4.29. The van der Waals surface area contributed by atoms with Gasteiger partial charge >= 0.3 is 7.82 Å². The van der Waals surface area contributed by atoms with Crippen molar-refractivity contribution in [3.63, 3.8) is 0 Å². The lowest BCUT2D eigenvalue weighted by molar-refractivity contribution is -0.000659. The maximum absolute atomic E-state index is 10.9. The van der Waals surface area contributed by atoms with E-state index < -0.39 is 20.5 Å². The van der Waals surface area contributed by atoms with E-state index in [2.05, 4.69) is 71.0 Å². The molecule has 0 aliphatic carbocycles. The molecular weight excluding hydrogens is 463 g/mol. The molecule has 5 aromatic rings. The van der Waals surface area contributed by atoms with E-state index in [1.807, 2.05) is 24.3 Å². The Morgan fingerprint density at radius 1 is 0.800 bits per heavy atom. The normalized spacial score (nSPS) is 12.8. The van der Waals surface area contributed by atoms with Crippen LogP contribution in [0.5, 0.6) is 0 Å². The Labute approximate surface area is 202 Å². The summed E-state index contributed by atoms with van der Waals surface area (Å²) < 4.78 is 20.8. The molecule has 0 bridgehead atoms. The topological polar surface area (TPSA) is 96.2 Å². The summed E-state index contributed by atoms with van der Waals surface area (Å²) in [4.78, 5) is 17.7. The van der Waals surface area contributed by atoms with Crippen LogP contribution in [0.3, 0.4) is 0 Å². The Morgan fingerprint density at radius 2 is 1.46 bits per heavy atom. The van der Waals surface area contributed by atoms with Crippen LogP contribution < -0.4 is 0 Å². The second-order valence-corrected chi connectivity index (χ2v) is 9.52. The molecule has 35 heavy (non-hydrogen) atoms. The van der Waals surface area contributed by atoms with Gasteiger partial charge in [-0.3, -0.25) is 4.52 Å². The minimum Gasteiger partial charge on any atom is -0.394 e. The van der Waals surface area contributed by atoms with E-state index in [9.17, 15) is 4.57 Å². The van der Waals surface area contributed by atoms with E-state index in [1.165, 1.54) is 26.9 Å². The van der Waals surface area contributed by atoms with Gasteiger partial charge in [-0.25, -0.2) is 4.57 Å². The number of benzene rings is 5. The lowest BCUT2D eigenvalue weighted by Crippen LogP contribution is -2.22. The number of rotatable bonds is 7. The van der Waals surface area contributed by atoms with E-state index in [0.717, 1.165) is 22.1 Å². The highest BCUT2D eigenvalue weighted by molar-refractivity contribution is 7.46. The van der Waals surface area contributed by atoms with Crippen LogP contribution in [-0.4, -0.2) is 34.2 Å². The molecule has 176 valence electrons. The number of hydrogen-bond acceptors (Lipinski definition) is 4. The van der Waals surface area contributed by atoms with Crippen molar-refractivity contribution in [2.24, 2.45) is 0 Å². The number of phosphoric ester groups is 1. The highest BCUT2D eigenvalue weighted by Gasteiger charge is 2.21. The van der Waals surface area contributed by atoms with Crippen molar-refractivity contribution in [1.82, 2.24) is 0 Å². The first kappa shape index (κ1) is 23.5. The fourth-order valence-corrected chi connectivity index (χ4v) is 4.80. The minimum absolute atomic E-state index is 0.141. The summed E-state index contributed by atoms with van der Waals surface area (Å²) in [5.74, 6) is 6.56. The predicted molar refractivity (Wildman–Crippen MR) is 136 cm³/mol. The Balaban J connectivity index is 1.32. The average Bonchev–Trinajstić information content (AvgIpc) is 2.86. The Kier molecular flexibility index (Phi) is 6.55. The molecule has 0 aromatic heterocycles. The quantitative estimate of drug-likeness (QED) is 0.171. The molecule has 5 aromatic carbocycles. The van der Waals surface area contributed by atoms with E-state index in [0.29, 0.717) is 0 Å². The van der Waals surface area contributed by atoms with Gasteiger partial charge in [-0.2, -0.15) is 0 Å². The molecule has 0 radical (unpaired) electrons. The molecule has 0 saturated carbocycles. The van der Waals surface area contributed by atoms with Gasteiger partial charge in [-0.15, -0.1) is 0 Å². The summed E-state index contributed by atoms with van der Waals surface area (Å²) in [6.07, 6.45) is -1.09. The van der Waals surface area contributed by atoms with E-state index in [4.69, 9.17) is 19.6 Å². The Hall–Kier alpha value is -3.27. The van der Waals surface area contributed by atoms with Gasteiger partial charge in [0.1, 0.15) is 6.10 Å². The van der Waals surface area contributed by atoms with Crippen LogP contribution in [0.2, 0.25) is 0 Å². The first-order valence-electron chi connectivity index (χ1n) is 11.1. The molecule has 5 rings (SSSR count). The molecule has 0 saturated heterocycles. The lowest BCUT2D eigenvalue weighted by atomic mass is 9.92. The van der Waals surface area contributed by atoms with Gasteiger partial charge < -0.3 is 19.6 Å². The zero-order chi connectivity index (χ0) is 24.4. The first-order valence-corrected chi connectivity index (χ1v) is 12.6. The van der Waals surface area contributed by atoms with Gasteiger partial charge in [0.05, 0.1) is 19.8 Å². The molecule has 0 spiro atoms. The molecule has 1 atom stereocenters. The average molecular weight is 486 g/mol. The Bertz CT molecular complexity index is 1580. The summed E-state index contributed by atoms with van der Waals surface area (Å²) in [5, 5.41) is 16.5. The van der Waals surface area contributed by atoms with Crippen LogP contribution in [0.4, 0.5) is 0 Å². The van der Waals surface area contributed by atoms with Crippen LogP contribution >= 0.6 is 7.82 Å². The van der Waals surface area contributed by atoms with Crippen LogP contribution in [0.1, 0.15) is 16.7 Å². The molecule has 6 nitrogen and oxygen atoms in total. The van der Waals surface area contributed by atoms with Crippen molar-refractivity contribution in [3.8, 4) is 11.8 Å². The number of hydrogen-bond donors (Lipinski definition) is 3. The standard InChI is InChI=1S/C28H23O6P/c29-16-25(34-35(30,31)32)18-33-17-20-6-4-19(5-7-20)8-9-21-10-11-24-13-12-22-2-1-3-23-14-15-26(21)28(24)27(22)23/h1-7,10-15,25,29H,16-18H2,(H2,30,31,32)/t25-/m1/s1. The van der Waals surface area contributed by atoms with Gasteiger partial charge in [0.2, 0.25) is 0 Å². The van der Waals surface area contributed by atoms with Crippen molar-refractivity contribution in [3.05, 3.63) is 95.6 Å². The molecular formula is C28H23O6P. The second-order valence-electron chi connectivity index (χ2n) is 8.33. The number of aliphatic hydroxyl groups excluding tert-OH is 1. The van der Waals surface area contributed by atoms with Crippen molar-refractivity contribution >= 4 is 40.1 Å². The molecule has 0 unspecified atom stereocenters. The number of ether oxygens (including phenoxy) is 1. The van der Waals surface area contributed by atoms with Gasteiger partial charge in [0.15, 0.2) is 0 Å². The largest absolute Gasteiger partial charge is 0.470 e. The minimum atomic E-state index is -4.68. The van der Waals surface area contributed by atoms with Crippen LogP contribution in [-0.2, 0) is 20.4 Å². The Morgan fingerprint density at radius 3 is 2.14 bits per heavy atom. The van der Waals surface area contributed by atoms with Crippen molar-refractivity contribution in [1.29, 1.82) is 0 Å². The predicted octanol–water partition coefficient (Wildman–Crippen LogP) is 4.97. The number of aliphatic hydroxyl groups is 1. The van der Waals surface area contributed by atoms with Gasteiger partial charge in [0, 0.05) is 11.1 Å². The third kappa shape index (κ3) is 5.22. The molecule has 0 heterocycles. The van der Waals surface area contributed by atoms with Gasteiger partial charge in [0.25, 0.3) is 0 Å². The van der Waals surface area contributed by atoms with Crippen LogP contribution in [0, 0.1) is 11.8 Å². The molecule has 0 amide bonds. The van der Waals surface area contributed by atoms with Crippen LogP contribution in [0.25, 0.3) is 32.3 Å². The zero-order valence-corrected chi connectivity index (χ0v) is 19.6. The second kappa shape index (κ2) is 9.77. The number of phosphoric acid groups is 1. The fraction of sp³-hybridized carbons (Fsp3) is 0.143. The van der Waals surface area contributed by atoms with Crippen molar-refractivity contribution in [2.45, 2.75) is 12.7 Å². The third-order valence-corrected chi connectivity index (χ3v) is 6.46. The summed E-state index contributed by atoms with van der Waals surface area (Å²) >= 11 is 0. The molecule has 3 N–H and O–H groups in total. The highest BCUT2D eigenvalue weighted by atomic mass is 31.2. The summed E-state index contributed by atoms with van der Waals surface area (Å²) in [6, 6.07) is 26.7. The van der Waals surface area contributed by atoms with Gasteiger partial charge in [-0.1, -0.05) is 72.5 Å². The summed E-state index contributed by atoms with van der Waals surface area (Å²) in [5.41, 5.74) is 2.70. The molecule has 0 aliphatic rings. The molecule has 0 fully saturated rings. The smallest absolute Gasteiger partial charge is 0.394 e. The van der Waals surface area contributed by atoms with Crippen LogP contribution in [0.15, 0.2) is 78.9 Å². The maximum atomic E-state index is 10.9. The summed E-state index contributed by atoms with van der Waals surface area (Å²) in [7, 11) is -4.68. The van der Waals surface area contributed by atoms with E-state index in [-0.39, 0.29) is 13.2 Å².